The van der Waals surface area contributed by atoms with E-state index in [0.29, 0.717) is 12.5 Å². The van der Waals surface area contributed by atoms with E-state index < -0.39 is 0 Å². The quantitative estimate of drug-likeness (QED) is 0.865. The number of hydrogen-bond donors (Lipinski definition) is 1. The molecule has 0 bridgehead atoms. The normalized spacial score (nSPS) is 19.5. The number of ether oxygens (including phenoxy) is 2. The number of methoxy groups -OCH3 is 1. The van der Waals surface area contributed by atoms with Gasteiger partial charge in [0.05, 0.1) is 18.9 Å². The summed E-state index contributed by atoms with van der Waals surface area (Å²) in [6.45, 7) is 4.44. The van der Waals surface area contributed by atoms with Crippen LogP contribution >= 0.6 is 0 Å². The summed E-state index contributed by atoms with van der Waals surface area (Å²) >= 11 is 0. The van der Waals surface area contributed by atoms with Gasteiger partial charge in [0.1, 0.15) is 11.9 Å². The maximum Gasteiger partial charge on any atom is 0.160 e. The molecule has 0 spiro atoms. The van der Waals surface area contributed by atoms with E-state index in [2.05, 4.69) is 12.2 Å². The second-order valence-electron chi connectivity index (χ2n) is 5.58. The summed E-state index contributed by atoms with van der Waals surface area (Å²) in [6.07, 6.45) is 4.43. The van der Waals surface area contributed by atoms with Gasteiger partial charge in [-0.05, 0) is 25.2 Å². The van der Waals surface area contributed by atoms with Crippen LogP contribution in [0.4, 0.5) is 5.82 Å². The van der Waals surface area contributed by atoms with Crippen molar-refractivity contribution in [2.45, 2.75) is 45.3 Å². The molecular weight excluding hydrogens is 254 g/mol. The van der Waals surface area contributed by atoms with Crippen molar-refractivity contribution in [2.24, 2.45) is 5.92 Å². The molecule has 3 rings (SSSR count). The summed E-state index contributed by atoms with van der Waals surface area (Å²) < 4.78 is 11.2. The number of rotatable bonds is 6. The van der Waals surface area contributed by atoms with Gasteiger partial charge in [-0.1, -0.05) is 6.92 Å². The highest BCUT2D eigenvalue weighted by Crippen LogP contribution is 2.42. The van der Waals surface area contributed by atoms with Crippen LogP contribution in [0.15, 0.2) is 0 Å². The Balaban J connectivity index is 1.93. The van der Waals surface area contributed by atoms with E-state index in [1.807, 2.05) is 0 Å². The van der Waals surface area contributed by atoms with E-state index in [9.17, 15) is 0 Å². The minimum atomic E-state index is 0.0466. The predicted molar refractivity (Wildman–Crippen MR) is 76.6 cm³/mol. The highest BCUT2D eigenvalue weighted by molar-refractivity contribution is 5.47. The first-order chi connectivity index (χ1) is 9.83. The Bertz CT molecular complexity index is 474. The van der Waals surface area contributed by atoms with Gasteiger partial charge in [0.15, 0.2) is 5.82 Å². The zero-order valence-corrected chi connectivity index (χ0v) is 12.3. The molecule has 1 saturated carbocycles. The summed E-state index contributed by atoms with van der Waals surface area (Å²) in [7, 11) is 1.76. The zero-order valence-electron chi connectivity index (χ0n) is 12.3. The van der Waals surface area contributed by atoms with E-state index >= 15 is 0 Å². The minimum Gasteiger partial charge on any atom is -0.376 e. The third kappa shape index (κ3) is 2.79. The fourth-order valence-electron chi connectivity index (χ4n) is 2.68. The SMILES string of the molecule is CCCNc1nc(C(OC)C2CC2)nc2c1COCC2. The largest absolute Gasteiger partial charge is 0.376 e. The average Bonchev–Trinajstić information content (AvgIpc) is 3.30. The lowest BCUT2D eigenvalue weighted by Gasteiger charge is -2.22. The van der Waals surface area contributed by atoms with E-state index in [1.54, 1.807) is 7.11 Å². The van der Waals surface area contributed by atoms with Crippen molar-refractivity contribution < 1.29 is 9.47 Å². The van der Waals surface area contributed by atoms with Crippen LogP contribution in [0.25, 0.3) is 0 Å². The van der Waals surface area contributed by atoms with Gasteiger partial charge in [-0.25, -0.2) is 9.97 Å². The topological polar surface area (TPSA) is 56.3 Å². The smallest absolute Gasteiger partial charge is 0.160 e. The van der Waals surface area contributed by atoms with Crippen LogP contribution < -0.4 is 5.32 Å². The van der Waals surface area contributed by atoms with Crippen molar-refractivity contribution in [1.29, 1.82) is 0 Å². The second-order valence-corrected chi connectivity index (χ2v) is 5.58. The lowest BCUT2D eigenvalue weighted by atomic mass is 10.1. The van der Waals surface area contributed by atoms with Gasteiger partial charge >= 0.3 is 0 Å². The third-order valence-corrected chi connectivity index (χ3v) is 3.94. The van der Waals surface area contributed by atoms with Crippen LogP contribution in [0.5, 0.6) is 0 Å². The number of fused-ring (bicyclic) bond motifs is 1. The summed E-state index contributed by atoms with van der Waals surface area (Å²) in [5.41, 5.74) is 2.25. The molecule has 20 heavy (non-hydrogen) atoms. The van der Waals surface area contributed by atoms with Gasteiger partial charge in [-0.3, -0.25) is 0 Å². The Morgan fingerprint density at radius 3 is 2.95 bits per heavy atom. The van der Waals surface area contributed by atoms with Gasteiger partial charge in [0, 0.05) is 25.6 Å². The molecule has 5 heteroatoms. The molecule has 1 aromatic heterocycles. The molecule has 0 radical (unpaired) electrons. The van der Waals surface area contributed by atoms with Gasteiger partial charge < -0.3 is 14.8 Å². The molecular formula is C15H23N3O2. The zero-order chi connectivity index (χ0) is 13.9. The van der Waals surface area contributed by atoms with Crippen LogP contribution in [-0.4, -0.2) is 30.2 Å². The van der Waals surface area contributed by atoms with Crippen molar-refractivity contribution in [3.63, 3.8) is 0 Å². The Morgan fingerprint density at radius 2 is 2.25 bits per heavy atom. The van der Waals surface area contributed by atoms with Gasteiger partial charge in [-0.15, -0.1) is 0 Å². The maximum atomic E-state index is 5.63. The molecule has 1 atom stereocenters. The lowest BCUT2D eigenvalue weighted by molar-refractivity contribution is 0.0754. The van der Waals surface area contributed by atoms with Crippen molar-refractivity contribution in [2.75, 3.05) is 25.6 Å². The highest BCUT2D eigenvalue weighted by Gasteiger charge is 2.35. The molecule has 1 fully saturated rings. The summed E-state index contributed by atoms with van der Waals surface area (Å²) in [5.74, 6) is 2.38. The molecule has 1 aromatic rings. The average molecular weight is 277 g/mol. The Hall–Kier alpha value is -1.20. The fourth-order valence-corrected chi connectivity index (χ4v) is 2.68. The molecule has 2 heterocycles. The first-order valence-electron chi connectivity index (χ1n) is 7.57. The summed E-state index contributed by atoms with van der Waals surface area (Å²) in [4.78, 5) is 9.49. The second kappa shape index (κ2) is 6.06. The third-order valence-electron chi connectivity index (χ3n) is 3.94. The highest BCUT2D eigenvalue weighted by atomic mass is 16.5. The van der Waals surface area contributed by atoms with Gasteiger partial charge in [-0.2, -0.15) is 0 Å². The Morgan fingerprint density at radius 1 is 1.40 bits per heavy atom. The maximum absolute atomic E-state index is 5.63. The number of nitrogens with zero attached hydrogens (tertiary/aromatic N) is 2. The minimum absolute atomic E-state index is 0.0466. The molecule has 0 saturated heterocycles. The molecule has 2 aliphatic rings. The summed E-state index contributed by atoms with van der Waals surface area (Å²) in [5, 5.41) is 3.41. The first kappa shape index (κ1) is 13.8. The first-order valence-corrected chi connectivity index (χ1v) is 7.57. The predicted octanol–water partition coefficient (Wildman–Crippen LogP) is 2.47. The number of hydrogen-bond acceptors (Lipinski definition) is 5. The Labute approximate surface area is 120 Å². The Kier molecular flexibility index (Phi) is 4.17. The van der Waals surface area contributed by atoms with E-state index in [0.717, 1.165) is 48.9 Å². The molecule has 1 aliphatic carbocycles. The molecule has 110 valence electrons. The van der Waals surface area contributed by atoms with Crippen molar-refractivity contribution in [3.8, 4) is 0 Å². The van der Waals surface area contributed by atoms with Crippen molar-refractivity contribution in [1.82, 2.24) is 9.97 Å². The number of nitrogens with one attached hydrogen (secondary N) is 1. The standard InChI is InChI=1S/C15H23N3O2/c1-3-7-16-14-11-9-20-8-6-12(11)17-15(18-14)13(19-2)10-4-5-10/h10,13H,3-9H2,1-2H3,(H,16,17,18). The van der Waals surface area contributed by atoms with Crippen LogP contribution in [0.2, 0.25) is 0 Å². The molecule has 1 N–H and O–H groups in total. The van der Waals surface area contributed by atoms with Gasteiger partial charge in [0.2, 0.25) is 0 Å². The monoisotopic (exact) mass is 277 g/mol. The lowest BCUT2D eigenvalue weighted by Crippen LogP contribution is -2.20. The number of anilines is 1. The van der Waals surface area contributed by atoms with Crippen LogP contribution in [-0.2, 0) is 22.5 Å². The van der Waals surface area contributed by atoms with Crippen LogP contribution in [0.1, 0.15) is 49.4 Å². The van der Waals surface area contributed by atoms with Crippen molar-refractivity contribution in [3.05, 3.63) is 17.1 Å². The number of aromatic nitrogens is 2. The van der Waals surface area contributed by atoms with E-state index in [4.69, 9.17) is 19.4 Å². The van der Waals surface area contributed by atoms with Gasteiger partial charge in [0.25, 0.3) is 0 Å². The molecule has 0 aromatic carbocycles. The molecule has 1 unspecified atom stereocenters. The summed E-state index contributed by atoms with van der Waals surface area (Å²) in [6, 6.07) is 0. The van der Waals surface area contributed by atoms with E-state index in [1.165, 1.54) is 12.8 Å². The van der Waals surface area contributed by atoms with Crippen LogP contribution in [0, 0.1) is 5.92 Å². The van der Waals surface area contributed by atoms with Crippen LogP contribution in [0.3, 0.4) is 0 Å². The van der Waals surface area contributed by atoms with Crippen molar-refractivity contribution >= 4 is 5.82 Å². The molecule has 5 nitrogen and oxygen atoms in total. The molecule has 0 amide bonds. The fraction of sp³-hybridized carbons (Fsp3) is 0.733. The van der Waals surface area contributed by atoms with E-state index in [-0.39, 0.29) is 6.10 Å². The molecule has 1 aliphatic heterocycles.